The Morgan fingerprint density at radius 2 is 2.11 bits per heavy atom. The Balaban J connectivity index is 2.19. The highest BCUT2D eigenvalue weighted by atomic mass is 16.6. The van der Waals surface area contributed by atoms with Crippen LogP contribution in [0.5, 0.6) is 0 Å². The van der Waals surface area contributed by atoms with E-state index < -0.39 is 4.92 Å². The number of nitrogens with zero attached hydrogens (tertiary/aromatic N) is 3. The summed E-state index contributed by atoms with van der Waals surface area (Å²) in [5, 5.41) is 23.0. The number of benzene rings is 1. The third kappa shape index (κ3) is 2.71. The van der Waals surface area contributed by atoms with Crippen LogP contribution in [0.2, 0.25) is 0 Å². The van der Waals surface area contributed by atoms with E-state index in [4.69, 9.17) is 0 Å². The average Bonchev–Trinajstić information content (AvgIpc) is 2.78. The SMILES string of the molecule is Cn1cnc([N+](=O)[O-])c1NCc1ccccc1CO. The maximum atomic E-state index is 10.8. The van der Waals surface area contributed by atoms with Crippen molar-refractivity contribution in [2.24, 2.45) is 7.05 Å². The Kier molecular flexibility index (Phi) is 3.76. The molecule has 1 aromatic heterocycles. The first-order valence-electron chi connectivity index (χ1n) is 5.70. The molecule has 2 N–H and O–H groups in total. The number of hydrogen-bond acceptors (Lipinski definition) is 5. The molecule has 2 aromatic rings. The molecule has 0 unspecified atom stereocenters. The molecule has 0 fully saturated rings. The molecular weight excluding hydrogens is 248 g/mol. The fourth-order valence-electron chi connectivity index (χ4n) is 1.82. The number of imidazole rings is 1. The third-order valence-corrected chi connectivity index (χ3v) is 2.83. The van der Waals surface area contributed by atoms with Crippen LogP contribution in [0.4, 0.5) is 11.6 Å². The van der Waals surface area contributed by atoms with Crippen molar-refractivity contribution in [2.75, 3.05) is 5.32 Å². The van der Waals surface area contributed by atoms with E-state index in [1.807, 2.05) is 24.3 Å². The van der Waals surface area contributed by atoms with Crippen LogP contribution in [-0.4, -0.2) is 19.6 Å². The molecule has 100 valence electrons. The minimum atomic E-state index is -0.527. The van der Waals surface area contributed by atoms with Gasteiger partial charge in [-0.1, -0.05) is 24.3 Å². The normalized spacial score (nSPS) is 10.4. The molecule has 1 aromatic carbocycles. The second-order valence-corrected chi connectivity index (χ2v) is 4.07. The lowest BCUT2D eigenvalue weighted by Gasteiger charge is -2.09. The fraction of sp³-hybridized carbons (Fsp3) is 0.250. The van der Waals surface area contributed by atoms with Crippen LogP contribution in [0.25, 0.3) is 0 Å². The zero-order valence-corrected chi connectivity index (χ0v) is 10.4. The monoisotopic (exact) mass is 262 g/mol. The van der Waals surface area contributed by atoms with Crippen molar-refractivity contribution in [3.8, 4) is 0 Å². The van der Waals surface area contributed by atoms with Crippen molar-refractivity contribution in [1.82, 2.24) is 9.55 Å². The van der Waals surface area contributed by atoms with Gasteiger partial charge in [-0.2, -0.15) is 0 Å². The molecule has 0 saturated carbocycles. The second kappa shape index (κ2) is 5.49. The lowest BCUT2D eigenvalue weighted by molar-refractivity contribution is -0.388. The summed E-state index contributed by atoms with van der Waals surface area (Å²) < 4.78 is 1.56. The summed E-state index contributed by atoms with van der Waals surface area (Å²) in [4.78, 5) is 14.0. The Hall–Kier alpha value is -2.41. The molecule has 0 aliphatic carbocycles. The maximum Gasteiger partial charge on any atom is 0.406 e. The molecule has 0 atom stereocenters. The van der Waals surface area contributed by atoms with Gasteiger partial charge in [-0.15, -0.1) is 0 Å². The molecule has 0 aliphatic heterocycles. The van der Waals surface area contributed by atoms with Crippen LogP contribution in [0, 0.1) is 10.1 Å². The van der Waals surface area contributed by atoms with E-state index in [0.717, 1.165) is 11.1 Å². The van der Waals surface area contributed by atoms with E-state index in [-0.39, 0.29) is 12.4 Å². The van der Waals surface area contributed by atoms with Crippen molar-refractivity contribution in [1.29, 1.82) is 0 Å². The molecule has 0 saturated heterocycles. The smallest absolute Gasteiger partial charge is 0.392 e. The van der Waals surface area contributed by atoms with Crippen LogP contribution >= 0.6 is 0 Å². The largest absolute Gasteiger partial charge is 0.406 e. The lowest BCUT2D eigenvalue weighted by atomic mass is 10.1. The van der Waals surface area contributed by atoms with E-state index in [2.05, 4.69) is 10.3 Å². The predicted octanol–water partition coefficient (Wildman–Crippen LogP) is 1.43. The van der Waals surface area contributed by atoms with Gasteiger partial charge in [0.05, 0.1) is 6.61 Å². The zero-order valence-electron chi connectivity index (χ0n) is 10.4. The number of aliphatic hydroxyl groups is 1. The number of rotatable bonds is 5. The molecule has 1 heterocycles. The summed E-state index contributed by atoms with van der Waals surface area (Å²) in [6.45, 7) is 0.322. The molecule has 2 rings (SSSR count). The molecular formula is C12H14N4O3. The van der Waals surface area contributed by atoms with Crippen LogP contribution in [0.3, 0.4) is 0 Å². The first-order chi connectivity index (χ1) is 9.13. The fourth-order valence-corrected chi connectivity index (χ4v) is 1.82. The first kappa shape index (κ1) is 13.0. The van der Waals surface area contributed by atoms with Crippen molar-refractivity contribution in [2.45, 2.75) is 13.2 Å². The topological polar surface area (TPSA) is 93.2 Å². The molecule has 0 amide bonds. The van der Waals surface area contributed by atoms with Crippen molar-refractivity contribution >= 4 is 11.6 Å². The highest BCUT2D eigenvalue weighted by Crippen LogP contribution is 2.22. The predicted molar refractivity (Wildman–Crippen MR) is 69.6 cm³/mol. The van der Waals surface area contributed by atoms with Gasteiger partial charge in [-0.3, -0.25) is 4.57 Å². The highest BCUT2D eigenvalue weighted by Gasteiger charge is 2.19. The van der Waals surface area contributed by atoms with E-state index in [9.17, 15) is 15.2 Å². The second-order valence-electron chi connectivity index (χ2n) is 4.07. The Labute approximate surface area is 109 Å². The number of aryl methyl sites for hydroxylation is 1. The zero-order chi connectivity index (χ0) is 13.8. The summed E-state index contributed by atoms with van der Waals surface area (Å²) >= 11 is 0. The van der Waals surface area contributed by atoms with E-state index >= 15 is 0 Å². The Morgan fingerprint density at radius 3 is 2.74 bits per heavy atom. The molecule has 0 aliphatic rings. The number of nitro groups is 1. The number of aliphatic hydroxyl groups excluding tert-OH is 1. The molecule has 7 heteroatoms. The van der Waals surface area contributed by atoms with Gasteiger partial charge in [-0.05, 0) is 21.0 Å². The number of nitrogens with one attached hydrogen (secondary N) is 1. The molecule has 0 bridgehead atoms. The number of aromatic nitrogens is 2. The summed E-state index contributed by atoms with van der Waals surface area (Å²) in [5.74, 6) is 0.140. The van der Waals surface area contributed by atoms with Crippen LogP contribution in [0.15, 0.2) is 30.6 Å². The summed E-state index contributed by atoms with van der Waals surface area (Å²) in [6.07, 6.45) is 1.39. The lowest BCUT2D eigenvalue weighted by Crippen LogP contribution is -2.07. The minimum Gasteiger partial charge on any atom is -0.392 e. The minimum absolute atomic E-state index is 0.0642. The van der Waals surface area contributed by atoms with Gasteiger partial charge >= 0.3 is 5.82 Å². The van der Waals surface area contributed by atoms with Gasteiger partial charge in [0.15, 0.2) is 0 Å². The van der Waals surface area contributed by atoms with E-state index in [1.54, 1.807) is 11.6 Å². The molecule has 0 spiro atoms. The van der Waals surface area contributed by atoms with Gasteiger partial charge < -0.3 is 20.5 Å². The quantitative estimate of drug-likeness (QED) is 0.628. The molecule has 0 radical (unpaired) electrons. The Bertz CT molecular complexity index is 594. The number of hydrogen-bond donors (Lipinski definition) is 2. The van der Waals surface area contributed by atoms with Gasteiger partial charge in [0, 0.05) is 13.6 Å². The molecule has 19 heavy (non-hydrogen) atoms. The third-order valence-electron chi connectivity index (χ3n) is 2.83. The highest BCUT2D eigenvalue weighted by molar-refractivity contribution is 5.52. The number of anilines is 1. The summed E-state index contributed by atoms with van der Waals surface area (Å²) in [5.41, 5.74) is 1.68. The maximum absolute atomic E-state index is 10.8. The van der Waals surface area contributed by atoms with Gasteiger partial charge in [0.1, 0.15) is 0 Å². The average molecular weight is 262 g/mol. The molecule has 7 nitrogen and oxygen atoms in total. The summed E-state index contributed by atoms with van der Waals surface area (Å²) in [7, 11) is 1.68. The van der Waals surface area contributed by atoms with E-state index in [0.29, 0.717) is 12.4 Å². The van der Waals surface area contributed by atoms with E-state index in [1.165, 1.54) is 6.33 Å². The van der Waals surface area contributed by atoms with Gasteiger partial charge in [0.25, 0.3) is 0 Å². The summed E-state index contributed by atoms with van der Waals surface area (Å²) in [6, 6.07) is 7.37. The van der Waals surface area contributed by atoms with Gasteiger partial charge in [-0.25, -0.2) is 0 Å². The standard InChI is InChI=1S/C12H14N4O3/c1-15-8-14-12(16(18)19)11(15)13-6-9-4-2-3-5-10(9)7-17/h2-5,8,13,17H,6-7H2,1H3. The van der Waals surface area contributed by atoms with Crippen molar-refractivity contribution in [3.05, 3.63) is 51.8 Å². The van der Waals surface area contributed by atoms with Crippen LogP contribution in [0.1, 0.15) is 11.1 Å². The van der Waals surface area contributed by atoms with Crippen LogP contribution < -0.4 is 5.32 Å². The van der Waals surface area contributed by atoms with Crippen LogP contribution in [-0.2, 0) is 20.2 Å². The Morgan fingerprint density at radius 1 is 1.42 bits per heavy atom. The first-order valence-corrected chi connectivity index (χ1v) is 5.70. The van der Waals surface area contributed by atoms with Crippen molar-refractivity contribution in [3.63, 3.8) is 0 Å². The van der Waals surface area contributed by atoms with Crippen molar-refractivity contribution < 1.29 is 10.0 Å². The van der Waals surface area contributed by atoms with Gasteiger partial charge in [0.2, 0.25) is 12.1 Å².